The molecule has 0 aromatic heterocycles. The average molecular weight is 616 g/mol. The molecule has 4 aliphatic rings. The van der Waals surface area contributed by atoms with E-state index in [1.54, 1.807) is 0 Å². The van der Waals surface area contributed by atoms with Gasteiger partial charge in [0.15, 0.2) is 0 Å². The molecule has 0 amide bonds. The van der Waals surface area contributed by atoms with Crippen molar-refractivity contribution in [2.45, 2.75) is 96.9 Å². The fraction of sp³-hybridized carbons (Fsp3) is 1.00. The van der Waals surface area contributed by atoms with E-state index in [0.717, 1.165) is 32.2 Å². The van der Waals surface area contributed by atoms with Crippen LogP contribution in [0.15, 0.2) is 0 Å². The van der Waals surface area contributed by atoms with E-state index in [-0.39, 0.29) is 17.6 Å². The molecular weight excluding hydrogens is 556 g/mol. The first kappa shape index (κ1) is 32.1. The van der Waals surface area contributed by atoms with Crippen molar-refractivity contribution in [1.29, 1.82) is 0 Å². The Labute approximate surface area is 247 Å². The summed E-state index contributed by atoms with van der Waals surface area (Å²) in [5.74, 6) is 3.76. The second kappa shape index (κ2) is 14.1. The molecule has 4 aliphatic carbocycles. The van der Waals surface area contributed by atoms with Gasteiger partial charge < -0.3 is 31.4 Å². The fourth-order valence-electron chi connectivity index (χ4n) is 10.1. The topological polar surface area (TPSA) is 109 Å². The maximum Gasteiger partial charge on any atom is 0.0637 e. The molecule has 2 unspecified atom stereocenters. The number of fused-ring (bicyclic) bond motifs is 5. The second-order valence-corrected chi connectivity index (χ2v) is 15.1. The van der Waals surface area contributed by atoms with Crippen molar-refractivity contribution in [2.24, 2.45) is 63.5 Å². The van der Waals surface area contributed by atoms with E-state index < -0.39 is 0 Å². The highest BCUT2D eigenvalue weighted by molar-refractivity contribution is 9.07. The number of halogens is 1. The molecule has 0 aliphatic heterocycles. The molecule has 39 heavy (non-hydrogen) atoms. The normalized spacial score (nSPS) is 42.7. The number of ether oxygens (including phenoxy) is 3. The van der Waals surface area contributed by atoms with Gasteiger partial charge in [-0.15, -0.1) is 0 Å². The molecule has 7 nitrogen and oxygen atoms in total. The lowest BCUT2D eigenvalue weighted by Crippen LogP contribution is -2.63. The van der Waals surface area contributed by atoms with E-state index in [4.69, 9.17) is 31.4 Å². The molecule has 8 heteroatoms. The second-order valence-electron chi connectivity index (χ2n) is 13.9. The number of nitrogens with two attached hydrogens (primary N) is 3. The zero-order valence-corrected chi connectivity index (χ0v) is 26.9. The van der Waals surface area contributed by atoms with Gasteiger partial charge >= 0.3 is 0 Å². The van der Waals surface area contributed by atoms with Crippen LogP contribution in [0.4, 0.5) is 0 Å². The van der Waals surface area contributed by atoms with Crippen LogP contribution in [0, 0.1) is 46.3 Å². The van der Waals surface area contributed by atoms with E-state index in [1.807, 2.05) is 0 Å². The molecule has 4 fully saturated rings. The van der Waals surface area contributed by atoms with Crippen molar-refractivity contribution in [1.82, 2.24) is 3.93 Å². The first-order chi connectivity index (χ1) is 18.7. The van der Waals surface area contributed by atoms with Crippen LogP contribution in [0.5, 0.6) is 0 Å². The lowest BCUT2D eigenvalue weighted by Gasteiger charge is -2.64. The Morgan fingerprint density at radius 2 is 1.59 bits per heavy atom. The molecule has 4 saturated carbocycles. The maximum atomic E-state index is 6.80. The van der Waals surface area contributed by atoms with Crippen LogP contribution in [0.2, 0.25) is 0 Å². The summed E-state index contributed by atoms with van der Waals surface area (Å²) in [5.41, 5.74) is 18.2. The molecule has 0 aromatic rings. The van der Waals surface area contributed by atoms with Crippen molar-refractivity contribution in [3.05, 3.63) is 0 Å². The minimum absolute atomic E-state index is 0.158. The molecular formula is C31H59BrN4O3. The van der Waals surface area contributed by atoms with E-state index >= 15 is 0 Å². The predicted molar refractivity (Wildman–Crippen MR) is 162 cm³/mol. The van der Waals surface area contributed by atoms with Crippen LogP contribution < -0.4 is 17.2 Å². The number of hydrogen-bond acceptors (Lipinski definition) is 7. The first-order valence-electron chi connectivity index (χ1n) is 16.0. The molecule has 228 valence electrons. The Hall–Kier alpha value is 0.200. The van der Waals surface area contributed by atoms with E-state index in [2.05, 4.69) is 47.9 Å². The van der Waals surface area contributed by atoms with Crippen molar-refractivity contribution in [3.8, 4) is 0 Å². The van der Waals surface area contributed by atoms with Gasteiger partial charge in [0.2, 0.25) is 0 Å². The zero-order chi connectivity index (χ0) is 28.2. The van der Waals surface area contributed by atoms with Crippen molar-refractivity contribution < 1.29 is 14.2 Å². The third-order valence-electron chi connectivity index (χ3n) is 11.9. The van der Waals surface area contributed by atoms with Gasteiger partial charge in [-0.3, -0.25) is 0 Å². The molecule has 0 radical (unpaired) electrons. The van der Waals surface area contributed by atoms with Gasteiger partial charge in [0, 0.05) is 47.7 Å². The van der Waals surface area contributed by atoms with Gasteiger partial charge in [0.05, 0.1) is 38.1 Å². The van der Waals surface area contributed by atoms with Crippen LogP contribution >= 0.6 is 16.1 Å². The van der Waals surface area contributed by atoms with E-state index in [0.29, 0.717) is 86.5 Å². The number of hydrogen-bond donors (Lipinski definition) is 3. The fourth-order valence-corrected chi connectivity index (χ4v) is 10.4. The molecule has 11 atom stereocenters. The van der Waals surface area contributed by atoms with Gasteiger partial charge in [0.25, 0.3) is 0 Å². The predicted octanol–water partition coefficient (Wildman–Crippen LogP) is 4.55. The summed E-state index contributed by atoms with van der Waals surface area (Å²) >= 11 is 3.59. The number of rotatable bonds is 14. The maximum absolute atomic E-state index is 6.80. The quantitative estimate of drug-likeness (QED) is 0.246. The minimum Gasteiger partial charge on any atom is -0.377 e. The van der Waals surface area contributed by atoms with Crippen molar-refractivity contribution >= 4 is 16.1 Å². The summed E-state index contributed by atoms with van der Waals surface area (Å²) in [4.78, 5) is 0. The average Bonchev–Trinajstić information content (AvgIpc) is 3.27. The van der Waals surface area contributed by atoms with Gasteiger partial charge in [-0.2, -0.15) is 0 Å². The number of nitrogens with zero attached hydrogens (tertiary/aromatic N) is 1. The molecule has 6 N–H and O–H groups in total. The highest BCUT2D eigenvalue weighted by atomic mass is 79.9. The summed E-state index contributed by atoms with van der Waals surface area (Å²) in [7, 11) is 2.10. The Bertz CT molecular complexity index is 761. The Balaban J connectivity index is 1.63. The molecule has 0 spiro atoms. The largest absolute Gasteiger partial charge is 0.377 e. The lowest BCUT2D eigenvalue weighted by atomic mass is 9.43. The minimum atomic E-state index is 0.158. The third kappa shape index (κ3) is 6.58. The highest BCUT2D eigenvalue weighted by Gasteiger charge is 2.66. The molecule has 0 aromatic carbocycles. The van der Waals surface area contributed by atoms with Crippen molar-refractivity contribution in [2.75, 3.05) is 53.0 Å². The highest BCUT2D eigenvalue weighted by Crippen LogP contribution is 2.69. The third-order valence-corrected chi connectivity index (χ3v) is 12.3. The standard InChI is InChI=1S/C31H59BrN4O3/c1-21(6-5-14-36(4)32)24-7-8-25-29-26(20-28(31(24,25)3)39-17-13-35)30(2)10-9-23(37-15-11-33)18-22(30)19-27(29)38-16-12-34/h21-29H,5-20,33-35H2,1-4H3/t21-,22?,23-,24-,25+,26+,27-,28+,29?,30+,31-/m1/s1. The van der Waals surface area contributed by atoms with Gasteiger partial charge in [-0.1, -0.05) is 20.8 Å². The summed E-state index contributed by atoms with van der Waals surface area (Å²) in [5, 5.41) is 0. The van der Waals surface area contributed by atoms with E-state index in [9.17, 15) is 0 Å². The zero-order valence-electron chi connectivity index (χ0n) is 25.3. The molecule has 0 bridgehead atoms. The Morgan fingerprint density at radius 1 is 0.897 bits per heavy atom. The van der Waals surface area contributed by atoms with E-state index in [1.165, 1.54) is 32.1 Å². The Kier molecular flexibility index (Phi) is 11.6. The SMILES string of the molecule is C[C@H](CCCN(C)Br)[C@H]1CC[C@H]2C3[C@H](OCCN)CC4C[C@H](OCCN)CC[C@]4(C)[C@H]3C[C@H](OCCN)[C@]12C. The summed E-state index contributed by atoms with van der Waals surface area (Å²) < 4.78 is 21.8. The summed E-state index contributed by atoms with van der Waals surface area (Å²) in [6.07, 6.45) is 11.7. The monoisotopic (exact) mass is 614 g/mol. The molecule has 0 heterocycles. The van der Waals surface area contributed by atoms with Gasteiger partial charge in [-0.25, -0.2) is 3.93 Å². The molecule has 0 saturated heterocycles. The molecule has 4 rings (SSSR count). The van der Waals surface area contributed by atoms with Crippen LogP contribution in [-0.2, 0) is 14.2 Å². The smallest absolute Gasteiger partial charge is 0.0637 e. The summed E-state index contributed by atoms with van der Waals surface area (Å²) in [6, 6.07) is 0. The first-order valence-corrected chi connectivity index (χ1v) is 16.7. The van der Waals surface area contributed by atoms with Gasteiger partial charge in [0.1, 0.15) is 0 Å². The van der Waals surface area contributed by atoms with Crippen LogP contribution in [0.1, 0.15) is 78.6 Å². The van der Waals surface area contributed by atoms with Crippen molar-refractivity contribution in [3.63, 3.8) is 0 Å². The van der Waals surface area contributed by atoms with Crippen LogP contribution in [0.25, 0.3) is 0 Å². The van der Waals surface area contributed by atoms with Crippen LogP contribution in [0.3, 0.4) is 0 Å². The Morgan fingerprint density at radius 3 is 2.28 bits per heavy atom. The summed E-state index contributed by atoms with van der Waals surface area (Å²) in [6.45, 7) is 12.5. The lowest BCUT2D eigenvalue weighted by molar-refractivity contribution is -0.226. The van der Waals surface area contributed by atoms with Crippen LogP contribution in [-0.4, -0.2) is 75.3 Å². The van der Waals surface area contributed by atoms with Gasteiger partial charge in [-0.05, 0) is 106 Å².